The molecule has 3 heteroatoms. The van der Waals surface area contributed by atoms with E-state index < -0.39 is 0 Å². The van der Waals surface area contributed by atoms with Gasteiger partial charge in [0.15, 0.2) is 0 Å². The van der Waals surface area contributed by atoms with E-state index >= 15 is 0 Å². The second-order valence-electron chi connectivity index (χ2n) is 4.49. The van der Waals surface area contributed by atoms with Crippen molar-refractivity contribution in [2.75, 3.05) is 0 Å². The molecule has 0 radical (unpaired) electrons. The molecule has 0 spiro atoms. The van der Waals surface area contributed by atoms with Gasteiger partial charge in [-0.05, 0) is 43.4 Å². The molecule has 1 aliphatic carbocycles. The van der Waals surface area contributed by atoms with Crippen LogP contribution >= 0.6 is 24.0 Å². The third-order valence-electron chi connectivity index (χ3n) is 3.40. The van der Waals surface area contributed by atoms with E-state index in [-0.39, 0.29) is 12.4 Å². The SMILES string of the molecule is CC(NCc1ccc(Cl)cc1)C1CCC1.Cl. The minimum absolute atomic E-state index is 0. The zero-order valence-electron chi connectivity index (χ0n) is 9.58. The molecule has 0 aromatic heterocycles. The summed E-state index contributed by atoms with van der Waals surface area (Å²) in [4.78, 5) is 0. The third kappa shape index (κ3) is 3.65. The fourth-order valence-corrected chi connectivity index (χ4v) is 2.11. The third-order valence-corrected chi connectivity index (χ3v) is 3.65. The Hall–Kier alpha value is -0.240. The lowest BCUT2D eigenvalue weighted by Gasteiger charge is -2.32. The van der Waals surface area contributed by atoms with Crippen molar-refractivity contribution >= 4 is 24.0 Å². The van der Waals surface area contributed by atoms with Crippen LogP contribution in [0.1, 0.15) is 31.7 Å². The van der Waals surface area contributed by atoms with Gasteiger partial charge in [0, 0.05) is 17.6 Å². The van der Waals surface area contributed by atoms with E-state index in [1.807, 2.05) is 12.1 Å². The summed E-state index contributed by atoms with van der Waals surface area (Å²) in [7, 11) is 0. The molecule has 0 heterocycles. The minimum atomic E-state index is 0. The normalized spacial score (nSPS) is 17.4. The smallest absolute Gasteiger partial charge is 0.0406 e. The molecule has 1 aliphatic rings. The van der Waals surface area contributed by atoms with Crippen LogP contribution in [-0.4, -0.2) is 6.04 Å². The second kappa shape index (κ2) is 6.48. The first-order chi connectivity index (χ1) is 7.25. The molecule has 1 nitrogen and oxygen atoms in total. The highest BCUT2D eigenvalue weighted by Crippen LogP contribution is 2.29. The average Bonchev–Trinajstić information content (AvgIpc) is 2.14. The van der Waals surface area contributed by atoms with Crippen molar-refractivity contribution in [1.29, 1.82) is 0 Å². The molecule has 0 aliphatic heterocycles. The molecule has 90 valence electrons. The summed E-state index contributed by atoms with van der Waals surface area (Å²) >= 11 is 5.84. The molecule has 1 saturated carbocycles. The van der Waals surface area contributed by atoms with Gasteiger partial charge >= 0.3 is 0 Å². The first-order valence-electron chi connectivity index (χ1n) is 5.73. The molecule has 0 amide bonds. The van der Waals surface area contributed by atoms with Crippen molar-refractivity contribution in [1.82, 2.24) is 5.32 Å². The highest BCUT2D eigenvalue weighted by atomic mass is 35.5. The molecule has 1 N–H and O–H groups in total. The Morgan fingerprint density at radius 1 is 1.31 bits per heavy atom. The second-order valence-corrected chi connectivity index (χ2v) is 4.92. The lowest BCUT2D eigenvalue weighted by atomic mass is 9.80. The summed E-state index contributed by atoms with van der Waals surface area (Å²) < 4.78 is 0. The quantitative estimate of drug-likeness (QED) is 0.861. The van der Waals surface area contributed by atoms with Gasteiger partial charge in [-0.15, -0.1) is 12.4 Å². The Bertz CT molecular complexity index is 306. The molecule has 1 atom stereocenters. The maximum Gasteiger partial charge on any atom is 0.0406 e. The van der Waals surface area contributed by atoms with Crippen LogP contribution in [0.25, 0.3) is 0 Å². The standard InChI is InChI=1S/C13H18ClN.ClH/c1-10(12-3-2-4-12)15-9-11-5-7-13(14)8-6-11;/h5-8,10,12,15H,2-4,9H2,1H3;1H. The van der Waals surface area contributed by atoms with E-state index in [1.165, 1.54) is 24.8 Å². The van der Waals surface area contributed by atoms with E-state index in [0.717, 1.165) is 17.5 Å². The predicted octanol–water partition coefficient (Wildman–Crippen LogP) is 4.04. The van der Waals surface area contributed by atoms with Gasteiger partial charge in [0.1, 0.15) is 0 Å². The molecule has 1 aromatic rings. The largest absolute Gasteiger partial charge is 0.310 e. The highest BCUT2D eigenvalue weighted by molar-refractivity contribution is 6.30. The van der Waals surface area contributed by atoms with E-state index in [9.17, 15) is 0 Å². The molecular weight excluding hydrogens is 241 g/mol. The lowest BCUT2D eigenvalue weighted by molar-refractivity contribution is 0.240. The van der Waals surface area contributed by atoms with Gasteiger partial charge < -0.3 is 5.32 Å². The molecule has 1 fully saturated rings. The van der Waals surface area contributed by atoms with Crippen LogP contribution in [-0.2, 0) is 6.54 Å². The highest BCUT2D eigenvalue weighted by Gasteiger charge is 2.23. The van der Waals surface area contributed by atoms with Crippen LogP contribution in [0.3, 0.4) is 0 Å². The van der Waals surface area contributed by atoms with Crippen molar-refractivity contribution in [2.24, 2.45) is 5.92 Å². The summed E-state index contributed by atoms with van der Waals surface area (Å²) in [6, 6.07) is 8.72. The summed E-state index contributed by atoms with van der Waals surface area (Å²) in [6.07, 6.45) is 4.21. The van der Waals surface area contributed by atoms with Gasteiger partial charge in [-0.3, -0.25) is 0 Å². The Kier molecular flexibility index (Phi) is 5.60. The topological polar surface area (TPSA) is 12.0 Å². The number of nitrogens with one attached hydrogen (secondary N) is 1. The van der Waals surface area contributed by atoms with Crippen LogP contribution in [0.4, 0.5) is 0 Å². The van der Waals surface area contributed by atoms with Crippen LogP contribution in [0, 0.1) is 5.92 Å². The van der Waals surface area contributed by atoms with Gasteiger partial charge in [0.05, 0.1) is 0 Å². The van der Waals surface area contributed by atoms with Crippen LogP contribution in [0.15, 0.2) is 24.3 Å². The maximum atomic E-state index is 5.84. The Balaban J connectivity index is 0.00000128. The van der Waals surface area contributed by atoms with Crippen LogP contribution < -0.4 is 5.32 Å². The number of benzene rings is 1. The van der Waals surface area contributed by atoms with Gasteiger partial charge in [-0.1, -0.05) is 30.2 Å². The molecule has 0 saturated heterocycles. The first kappa shape index (κ1) is 13.8. The average molecular weight is 260 g/mol. The molecule has 0 bridgehead atoms. The van der Waals surface area contributed by atoms with Crippen molar-refractivity contribution < 1.29 is 0 Å². The van der Waals surface area contributed by atoms with Crippen LogP contribution in [0.5, 0.6) is 0 Å². The van der Waals surface area contributed by atoms with Gasteiger partial charge in [0.25, 0.3) is 0 Å². The fourth-order valence-electron chi connectivity index (χ4n) is 1.99. The first-order valence-corrected chi connectivity index (χ1v) is 6.11. The van der Waals surface area contributed by atoms with E-state index in [2.05, 4.69) is 24.4 Å². The summed E-state index contributed by atoms with van der Waals surface area (Å²) in [6.45, 7) is 3.24. The molecule has 2 rings (SSSR count). The molecule has 1 aromatic carbocycles. The Labute approximate surface area is 109 Å². The zero-order valence-corrected chi connectivity index (χ0v) is 11.2. The van der Waals surface area contributed by atoms with Gasteiger partial charge in [-0.25, -0.2) is 0 Å². The van der Waals surface area contributed by atoms with Crippen molar-refractivity contribution in [3.63, 3.8) is 0 Å². The van der Waals surface area contributed by atoms with Crippen LogP contribution in [0.2, 0.25) is 5.02 Å². The number of hydrogen-bond acceptors (Lipinski definition) is 1. The molecular formula is C13H19Cl2N. The fraction of sp³-hybridized carbons (Fsp3) is 0.538. The maximum absolute atomic E-state index is 5.84. The van der Waals surface area contributed by atoms with E-state index in [4.69, 9.17) is 11.6 Å². The van der Waals surface area contributed by atoms with Gasteiger partial charge in [0.2, 0.25) is 0 Å². The van der Waals surface area contributed by atoms with E-state index in [0.29, 0.717) is 6.04 Å². The summed E-state index contributed by atoms with van der Waals surface area (Å²) in [5, 5.41) is 4.39. The zero-order chi connectivity index (χ0) is 10.7. The van der Waals surface area contributed by atoms with Gasteiger partial charge in [-0.2, -0.15) is 0 Å². The number of rotatable bonds is 4. The van der Waals surface area contributed by atoms with Crippen molar-refractivity contribution in [3.05, 3.63) is 34.9 Å². The number of halogens is 2. The summed E-state index contributed by atoms with van der Waals surface area (Å²) in [5.41, 5.74) is 1.31. The monoisotopic (exact) mass is 259 g/mol. The Morgan fingerprint density at radius 2 is 1.94 bits per heavy atom. The molecule has 1 unspecified atom stereocenters. The Morgan fingerprint density at radius 3 is 2.44 bits per heavy atom. The lowest BCUT2D eigenvalue weighted by Crippen LogP contribution is -2.36. The molecule has 16 heavy (non-hydrogen) atoms. The van der Waals surface area contributed by atoms with Crippen molar-refractivity contribution in [2.45, 2.75) is 38.8 Å². The van der Waals surface area contributed by atoms with Crippen molar-refractivity contribution in [3.8, 4) is 0 Å². The minimum Gasteiger partial charge on any atom is -0.310 e. The predicted molar refractivity (Wildman–Crippen MR) is 72.3 cm³/mol. The number of hydrogen-bond donors (Lipinski definition) is 1. The summed E-state index contributed by atoms with van der Waals surface area (Å²) in [5.74, 6) is 0.900. The van der Waals surface area contributed by atoms with E-state index in [1.54, 1.807) is 0 Å².